The lowest BCUT2D eigenvalue weighted by molar-refractivity contribution is 0.282. The standard InChI is InChI=1S/C14H13BrO2S/c15-13-3-1-2-4-14(13)18(17)10-12-7-5-11(9-16)6-8-12/h1-8,16H,9-10H2. The van der Waals surface area contributed by atoms with E-state index in [0.29, 0.717) is 5.75 Å². The minimum absolute atomic E-state index is 0.0353. The predicted octanol–water partition coefficient (Wildman–Crippen LogP) is 3.25. The first-order valence-electron chi connectivity index (χ1n) is 5.52. The van der Waals surface area contributed by atoms with Crippen LogP contribution < -0.4 is 0 Å². The molecule has 0 saturated heterocycles. The highest BCUT2D eigenvalue weighted by Gasteiger charge is 2.08. The van der Waals surface area contributed by atoms with E-state index < -0.39 is 10.8 Å². The minimum Gasteiger partial charge on any atom is -0.392 e. The molecule has 2 aromatic rings. The first kappa shape index (κ1) is 13.5. The van der Waals surface area contributed by atoms with Gasteiger partial charge in [0.2, 0.25) is 0 Å². The van der Waals surface area contributed by atoms with Crippen LogP contribution in [-0.2, 0) is 23.2 Å². The van der Waals surface area contributed by atoms with Crippen molar-refractivity contribution in [3.63, 3.8) is 0 Å². The van der Waals surface area contributed by atoms with Crippen molar-refractivity contribution in [2.24, 2.45) is 0 Å². The Balaban J connectivity index is 2.14. The van der Waals surface area contributed by atoms with Crippen LogP contribution in [-0.4, -0.2) is 9.32 Å². The van der Waals surface area contributed by atoms with Gasteiger partial charge in [-0.25, -0.2) is 0 Å². The largest absolute Gasteiger partial charge is 0.392 e. The van der Waals surface area contributed by atoms with E-state index in [1.807, 2.05) is 48.5 Å². The van der Waals surface area contributed by atoms with E-state index in [1.54, 1.807) is 0 Å². The SMILES string of the molecule is O=S(Cc1ccc(CO)cc1)c1ccccc1Br. The van der Waals surface area contributed by atoms with Gasteiger partial charge < -0.3 is 5.11 Å². The van der Waals surface area contributed by atoms with E-state index in [9.17, 15) is 4.21 Å². The highest BCUT2D eigenvalue weighted by molar-refractivity contribution is 9.10. The van der Waals surface area contributed by atoms with Gasteiger partial charge in [-0.2, -0.15) is 0 Å². The molecule has 0 radical (unpaired) electrons. The predicted molar refractivity (Wildman–Crippen MR) is 76.6 cm³/mol. The van der Waals surface area contributed by atoms with Gasteiger partial charge in [0.1, 0.15) is 0 Å². The van der Waals surface area contributed by atoms with Crippen molar-refractivity contribution in [3.05, 3.63) is 64.1 Å². The average Bonchev–Trinajstić information content (AvgIpc) is 2.40. The molecule has 1 unspecified atom stereocenters. The lowest BCUT2D eigenvalue weighted by atomic mass is 10.2. The zero-order valence-electron chi connectivity index (χ0n) is 9.67. The molecule has 2 nitrogen and oxygen atoms in total. The van der Waals surface area contributed by atoms with Gasteiger partial charge in [0, 0.05) is 4.47 Å². The van der Waals surface area contributed by atoms with Gasteiger partial charge >= 0.3 is 0 Å². The summed E-state index contributed by atoms with van der Waals surface area (Å²) in [7, 11) is -1.06. The summed E-state index contributed by atoms with van der Waals surface area (Å²) in [6, 6.07) is 15.1. The van der Waals surface area contributed by atoms with Crippen LogP contribution in [0.15, 0.2) is 57.9 Å². The summed E-state index contributed by atoms with van der Waals surface area (Å²) in [6.07, 6.45) is 0. The van der Waals surface area contributed by atoms with Crippen molar-refractivity contribution in [2.75, 3.05) is 0 Å². The maximum absolute atomic E-state index is 12.2. The number of hydrogen-bond donors (Lipinski definition) is 1. The summed E-state index contributed by atoms with van der Waals surface area (Å²) >= 11 is 3.41. The van der Waals surface area contributed by atoms with Crippen molar-refractivity contribution in [2.45, 2.75) is 17.3 Å². The van der Waals surface area contributed by atoms with Gasteiger partial charge in [-0.1, -0.05) is 36.4 Å². The number of aliphatic hydroxyl groups excluding tert-OH is 1. The molecule has 0 aliphatic heterocycles. The molecule has 0 spiro atoms. The number of benzene rings is 2. The summed E-state index contributed by atoms with van der Waals surface area (Å²) in [5.74, 6) is 0.480. The van der Waals surface area contributed by atoms with Gasteiger partial charge in [0.15, 0.2) is 0 Å². The molecular formula is C14H13BrO2S. The molecule has 2 rings (SSSR count). The zero-order valence-corrected chi connectivity index (χ0v) is 12.1. The Bertz CT molecular complexity index is 552. The summed E-state index contributed by atoms with van der Waals surface area (Å²) in [5.41, 5.74) is 1.87. The van der Waals surface area contributed by atoms with E-state index in [-0.39, 0.29) is 6.61 Å². The summed E-state index contributed by atoms with van der Waals surface area (Å²) in [5, 5.41) is 8.96. The number of aliphatic hydroxyl groups is 1. The van der Waals surface area contributed by atoms with Crippen LogP contribution >= 0.6 is 15.9 Å². The molecule has 0 fully saturated rings. The number of halogens is 1. The lowest BCUT2D eigenvalue weighted by Gasteiger charge is -2.05. The van der Waals surface area contributed by atoms with E-state index in [2.05, 4.69) is 15.9 Å². The van der Waals surface area contributed by atoms with Crippen molar-refractivity contribution in [1.29, 1.82) is 0 Å². The molecule has 0 aliphatic carbocycles. The van der Waals surface area contributed by atoms with Crippen LogP contribution in [0.25, 0.3) is 0 Å². The van der Waals surface area contributed by atoms with E-state index in [4.69, 9.17) is 5.11 Å². The maximum atomic E-state index is 12.2. The number of hydrogen-bond acceptors (Lipinski definition) is 2. The van der Waals surface area contributed by atoms with Crippen LogP contribution in [0.5, 0.6) is 0 Å². The third-order valence-corrected chi connectivity index (χ3v) is 4.98. The Morgan fingerprint density at radius 2 is 1.61 bits per heavy atom. The Kier molecular flexibility index (Phi) is 4.69. The molecule has 1 atom stereocenters. The molecule has 0 aromatic heterocycles. The molecule has 0 heterocycles. The van der Waals surface area contributed by atoms with E-state index >= 15 is 0 Å². The molecule has 0 saturated carbocycles. The second-order valence-corrected chi connectivity index (χ2v) is 6.17. The molecule has 94 valence electrons. The fraction of sp³-hybridized carbons (Fsp3) is 0.143. The summed E-state index contributed by atoms with van der Waals surface area (Å²) in [4.78, 5) is 0.809. The van der Waals surface area contributed by atoms with Gasteiger partial charge in [-0.15, -0.1) is 0 Å². The average molecular weight is 325 g/mol. The van der Waals surface area contributed by atoms with Gasteiger partial charge in [0.05, 0.1) is 28.1 Å². The molecule has 18 heavy (non-hydrogen) atoms. The lowest BCUT2D eigenvalue weighted by Crippen LogP contribution is -1.97. The molecule has 1 N–H and O–H groups in total. The third-order valence-electron chi connectivity index (χ3n) is 2.59. The highest BCUT2D eigenvalue weighted by atomic mass is 79.9. The first-order valence-corrected chi connectivity index (χ1v) is 7.63. The smallest absolute Gasteiger partial charge is 0.0681 e. The molecule has 2 aromatic carbocycles. The molecule has 4 heteroatoms. The van der Waals surface area contributed by atoms with E-state index in [0.717, 1.165) is 20.5 Å². The molecule has 0 bridgehead atoms. The monoisotopic (exact) mass is 324 g/mol. The third kappa shape index (κ3) is 3.28. The van der Waals surface area contributed by atoms with Crippen molar-refractivity contribution in [1.82, 2.24) is 0 Å². The van der Waals surface area contributed by atoms with Gasteiger partial charge in [0.25, 0.3) is 0 Å². The Hall–Kier alpha value is -0.970. The van der Waals surface area contributed by atoms with Crippen LogP contribution in [0.3, 0.4) is 0 Å². The van der Waals surface area contributed by atoms with Crippen molar-refractivity contribution >= 4 is 26.7 Å². The van der Waals surface area contributed by atoms with Crippen LogP contribution in [0, 0.1) is 0 Å². The van der Waals surface area contributed by atoms with E-state index in [1.165, 1.54) is 0 Å². The Morgan fingerprint density at radius 1 is 1.00 bits per heavy atom. The fourth-order valence-corrected chi connectivity index (χ4v) is 3.59. The Labute approximate surface area is 117 Å². The minimum atomic E-state index is -1.06. The summed E-state index contributed by atoms with van der Waals surface area (Å²) in [6.45, 7) is 0.0353. The van der Waals surface area contributed by atoms with Gasteiger partial charge in [-0.05, 0) is 39.2 Å². The maximum Gasteiger partial charge on any atom is 0.0681 e. The Morgan fingerprint density at radius 3 is 2.22 bits per heavy atom. The zero-order chi connectivity index (χ0) is 13.0. The highest BCUT2D eigenvalue weighted by Crippen LogP contribution is 2.22. The quantitative estimate of drug-likeness (QED) is 0.937. The first-order chi connectivity index (χ1) is 8.70. The summed E-state index contributed by atoms with van der Waals surface area (Å²) < 4.78 is 13.1. The number of rotatable bonds is 4. The van der Waals surface area contributed by atoms with Gasteiger partial charge in [-0.3, -0.25) is 4.21 Å². The molecular weight excluding hydrogens is 312 g/mol. The van der Waals surface area contributed by atoms with Crippen molar-refractivity contribution < 1.29 is 9.32 Å². The van der Waals surface area contributed by atoms with Crippen LogP contribution in [0.1, 0.15) is 11.1 Å². The topological polar surface area (TPSA) is 37.3 Å². The molecule has 0 aliphatic rings. The van der Waals surface area contributed by atoms with Crippen LogP contribution in [0.2, 0.25) is 0 Å². The fourth-order valence-electron chi connectivity index (χ4n) is 1.60. The molecule has 0 amide bonds. The second-order valence-electron chi connectivity index (χ2n) is 3.89. The van der Waals surface area contributed by atoms with Crippen molar-refractivity contribution in [3.8, 4) is 0 Å². The second kappa shape index (κ2) is 6.27. The van der Waals surface area contributed by atoms with Crippen LogP contribution in [0.4, 0.5) is 0 Å². The normalized spacial score (nSPS) is 12.3.